The molecule has 6 heteroatoms. The van der Waals surface area contributed by atoms with Crippen LogP contribution in [-0.4, -0.2) is 14.8 Å². The molecule has 0 aliphatic rings. The van der Waals surface area contributed by atoms with Gasteiger partial charge in [-0.05, 0) is 18.2 Å². The summed E-state index contributed by atoms with van der Waals surface area (Å²) in [7, 11) is 0. The standard InChI is InChI=1S/C9H6Cl2FN3/c10-4-9-14-13-5-15(9)8-2-1-6(11)3-7(8)12/h1-3,5H,4H2. The van der Waals surface area contributed by atoms with Gasteiger partial charge >= 0.3 is 0 Å². The summed E-state index contributed by atoms with van der Waals surface area (Å²) >= 11 is 11.3. The van der Waals surface area contributed by atoms with Gasteiger partial charge in [0, 0.05) is 5.02 Å². The summed E-state index contributed by atoms with van der Waals surface area (Å²) in [5.74, 6) is 0.216. The van der Waals surface area contributed by atoms with Crippen LogP contribution in [0.4, 0.5) is 4.39 Å². The largest absolute Gasteiger partial charge is 0.282 e. The molecule has 0 aliphatic carbocycles. The molecule has 2 rings (SSSR count). The molecule has 0 amide bonds. The fourth-order valence-corrected chi connectivity index (χ4v) is 1.57. The Kier molecular flexibility index (Phi) is 2.88. The van der Waals surface area contributed by atoms with E-state index in [1.165, 1.54) is 17.0 Å². The highest BCUT2D eigenvalue weighted by Gasteiger charge is 2.09. The molecule has 0 fully saturated rings. The third-order valence-corrected chi connectivity index (χ3v) is 2.38. The van der Waals surface area contributed by atoms with Gasteiger partial charge in [-0.25, -0.2) is 4.39 Å². The van der Waals surface area contributed by atoms with Crippen molar-refractivity contribution in [3.8, 4) is 5.69 Å². The van der Waals surface area contributed by atoms with Crippen molar-refractivity contribution in [3.05, 3.63) is 41.2 Å². The third-order valence-electron chi connectivity index (χ3n) is 1.91. The van der Waals surface area contributed by atoms with E-state index < -0.39 is 5.82 Å². The van der Waals surface area contributed by atoms with E-state index in [0.717, 1.165) is 0 Å². The summed E-state index contributed by atoms with van der Waals surface area (Å²) in [5.41, 5.74) is 0.333. The molecular weight excluding hydrogens is 240 g/mol. The normalized spacial score (nSPS) is 10.6. The number of hydrogen-bond donors (Lipinski definition) is 0. The summed E-state index contributed by atoms with van der Waals surface area (Å²) in [6, 6.07) is 4.38. The molecule has 1 aromatic heterocycles. The highest BCUT2D eigenvalue weighted by Crippen LogP contribution is 2.19. The van der Waals surface area contributed by atoms with Gasteiger partial charge in [-0.15, -0.1) is 21.8 Å². The Labute approximate surface area is 95.5 Å². The van der Waals surface area contributed by atoms with Crippen LogP contribution >= 0.6 is 23.2 Å². The first-order chi connectivity index (χ1) is 7.22. The Balaban J connectivity index is 2.54. The molecule has 0 bridgehead atoms. The summed E-state index contributed by atoms with van der Waals surface area (Å²) < 4.78 is 15.0. The predicted molar refractivity (Wildman–Crippen MR) is 55.9 cm³/mol. The lowest BCUT2D eigenvalue weighted by molar-refractivity contribution is 0.616. The second kappa shape index (κ2) is 4.16. The molecule has 2 aromatic rings. The van der Waals surface area contributed by atoms with Crippen molar-refractivity contribution in [1.82, 2.24) is 14.8 Å². The van der Waals surface area contributed by atoms with Crippen LogP contribution in [0, 0.1) is 5.82 Å². The zero-order chi connectivity index (χ0) is 10.8. The van der Waals surface area contributed by atoms with Crippen LogP contribution in [0.25, 0.3) is 5.69 Å². The minimum absolute atomic E-state index is 0.169. The van der Waals surface area contributed by atoms with Gasteiger partial charge in [-0.3, -0.25) is 4.57 Å². The minimum Gasteiger partial charge on any atom is -0.282 e. The molecule has 0 saturated heterocycles. The molecule has 0 atom stereocenters. The molecule has 1 aromatic carbocycles. The van der Waals surface area contributed by atoms with Crippen molar-refractivity contribution >= 4 is 23.2 Å². The quantitative estimate of drug-likeness (QED) is 0.763. The maximum atomic E-state index is 13.5. The number of nitrogens with zero attached hydrogens (tertiary/aromatic N) is 3. The lowest BCUT2D eigenvalue weighted by Crippen LogP contribution is -2.00. The maximum absolute atomic E-state index is 13.5. The summed E-state index contributed by atoms with van der Waals surface area (Å²) in [6.45, 7) is 0. The van der Waals surface area contributed by atoms with Gasteiger partial charge in [-0.1, -0.05) is 11.6 Å². The fourth-order valence-electron chi connectivity index (χ4n) is 1.23. The van der Waals surface area contributed by atoms with Crippen molar-refractivity contribution in [2.45, 2.75) is 5.88 Å². The molecular formula is C9H6Cl2FN3. The summed E-state index contributed by atoms with van der Waals surface area (Å²) in [5, 5.41) is 7.76. The summed E-state index contributed by atoms with van der Waals surface area (Å²) in [4.78, 5) is 0. The number of rotatable bonds is 2. The number of hydrogen-bond acceptors (Lipinski definition) is 2. The number of alkyl halides is 1. The first-order valence-electron chi connectivity index (χ1n) is 4.12. The molecule has 0 aliphatic heterocycles. The van der Waals surface area contributed by atoms with E-state index in [4.69, 9.17) is 23.2 Å². The van der Waals surface area contributed by atoms with E-state index >= 15 is 0 Å². The number of aromatic nitrogens is 3. The molecule has 0 N–H and O–H groups in total. The Morgan fingerprint density at radius 1 is 1.40 bits per heavy atom. The zero-order valence-corrected chi connectivity index (χ0v) is 9.00. The predicted octanol–water partition coefficient (Wildman–Crippen LogP) is 2.80. The van der Waals surface area contributed by atoms with Gasteiger partial charge in [0.25, 0.3) is 0 Å². The second-order valence-electron chi connectivity index (χ2n) is 2.85. The molecule has 0 spiro atoms. The number of benzene rings is 1. The van der Waals surface area contributed by atoms with Crippen LogP contribution in [0.15, 0.2) is 24.5 Å². The maximum Gasteiger partial charge on any atom is 0.152 e. The zero-order valence-electron chi connectivity index (χ0n) is 7.49. The molecule has 3 nitrogen and oxygen atoms in total. The van der Waals surface area contributed by atoms with Gasteiger partial charge in [-0.2, -0.15) is 0 Å². The minimum atomic E-state index is -0.436. The molecule has 0 saturated carbocycles. The summed E-state index contributed by atoms with van der Waals surface area (Å²) in [6.07, 6.45) is 1.41. The average molecular weight is 246 g/mol. The Bertz CT molecular complexity index is 484. The second-order valence-corrected chi connectivity index (χ2v) is 3.55. The average Bonchev–Trinajstić information content (AvgIpc) is 2.65. The third kappa shape index (κ3) is 1.96. The van der Waals surface area contributed by atoms with E-state index in [2.05, 4.69) is 10.2 Å². The fraction of sp³-hybridized carbons (Fsp3) is 0.111. The Morgan fingerprint density at radius 3 is 2.87 bits per heavy atom. The molecule has 78 valence electrons. The molecule has 0 radical (unpaired) electrons. The van der Waals surface area contributed by atoms with E-state index in [9.17, 15) is 4.39 Å². The lowest BCUT2D eigenvalue weighted by Gasteiger charge is -2.05. The van der Waals surface area contributed by atoms with Crippen molar-refractivity contribution in [3.63, 3.8) is 0 Å². The van der Waals surface area contributed by atoms with Crippen molar-refractivity contribution in [2.24, 2.45) is 0 Å². The topological polar surface area (TPSA) is 30.7 Å². The van der Waals surface area contributed by atoms with Crippen LogP contribution in [0.1, 0.15) is 5.82 Å². The van der Waals surface area contributed by atoms with Gasteiger partial charge in [0.2, 0.25) is 0 Å². The van der Waals surface area contributed by atoms with E-state index in [1.807, 2.05) is 0 Å². The Morgan fingerprint density at radius 2 is 2.20 bits per heavy atom. The van der Waals surface area contributed by atoms with Gasteiger partial charge in [0.15, 0.2) is 5.82 Å². The van der Waals surface area contributed by atoms with Gasteiger partial charge < -0.3 is 0 Å². The first kappa shape index (κ1) is 10.4. The smallest absolute Gasteiger partial charge is 0.152 e. The molecule has 15 heavy (non-hydrogen) atoms. The van der Waals surface area contributed by atoms with Crippen LogP contribution in [0.3, 0.4) is 0 Å². The van der Waals surface area contributed by atoms with E-state index in [0.29, 0.717) is 16.5 Å². The Hall–Kier alpha value is -1.13. The van der Waals surface area contributed by atoms with E-state index in [-0.39, 0.29) is 5.88 Å². The van der Waals surface area contributed by atoms with Crippen molar-refractivity contribution in [1.29, 1.82) is 0 Å². The van der Waals surface area contributed by atoms with Gasteiger partial charge in [0.1, 0.15) is 12.1 Å². The van der Waals surface area contributed by atoms with Crippen molar-refractivity contribution < 1.29 is 4.39 Å². The number of halogens is 3. The van der Waals surface area contributed by atoms with Crippen LogP contribution in [0.5, 0.6) is 0 Å². The van der Waals surface area contributed by atoms with Gasteiger partial charge in [0.05, 0.1) is 11.6 Å². The monoisotopic (exact) mass is 245 g/mol. The highest BCUT2D eigenvalue weighted by molar-refractivity contribution is 6.30. The lowest BCUT2D eigenvalue weighted by atomic mass is 10.3. The van der Waals surface area contributed by atoms with Crippen LogP contribution in [0.2, 0.25) is 5.02 Å². The first-order valence-corrected chi connectivity index (χ1v) is 5.04. The molecule has 0 unspecified atom stereocenters. The SMILES string of the molecule is Fc1cc(Cl)ccc1-n1cnnc1CCl. The van der Waals surface area contributed by atoms with Crippen LogP contribution < -0.4 is 0 Å². The van der Waals surface area contributed by atoms with Crippen LogP contribution in [-0.2, 0) is 5.88 Å². The van der Waals surface area contributed by atoms with Crippen molar-refractivity contribution in [2.75, 3.05) is 0 Å². The molecule has 1 heterocycles. The highest BCUT2D eigenvalue weighted by atomic mass is 35.5. The van der Waals surface area contributed by atoms with E-state index in [1.54, 1.807) is 12.1 Å².